The zero-order valence-corrected chi connectivity index (χ0v) is 9.55. The SMILES string of the molecule is CC[C@H](C)[C@H](C)[C@@H](CC(C)=N)OC. The summed E-state index contributed by atoms with van der Waals surface area (Å²) in [6, 6.07) is 0. The maximum atomic E-state index is 7.44. The van der Waals surface area contributed by atoms with E-state index in [1.807, 2.05) is 6.92 Å². The second kappa shape index (κ2) is 6.14. The Morgan fingerprint density at radius 2 is 1.92 bits per heavy atom. The van der Waals surface area contributed by atoms with Crippen LogP contribution in [0.15, 0.2) is 0 Å². The molecule has 13 heavy (non-hydrogen) atoms. The van der Waals surface area contributed by atoms with Crippen molar-refractivity contribution in [3.8, 4) is 0 Å². The van der Waals surface area contributed by atoms with Gasteiger partial charge in [-0.25, -0.2) is 0 Å². The fraction of sp³-hybridized carbons (Fsp3) is 0.909. The van der Waals surface area contributed by atoms with E-state index >= 15 is 0 Å². The van der Waals surface area contributed by atoms with E-state index in [0.29, 0.717) is 17.5 Å². The van der Waals surface area contributed by atoms with Gasteiger partial charge in [-0.1, -0.05) is 27.2 Å². The molecule has 0 radical (unpaired) electrons. The van der Waals surface area contributed by atoms with E-state index in [4.69, 9.17) is 10.1 Å². The minimum Gasteiger partial charge on any atom is -0.381 e. The summed E-state index contributed by atoms with van der Waals surface area (Å²) in [6.07, 6.45) is 2.16. The molecule has 0 heterocycles. The molecule has 0 saturated carbocycles. The first-order chi connectivity index (χ1) is 6.02. The van der Waals surface area contributed by atoms with Crippen molar-refractivity contribution in [1.82, 2.24) is 0 Å². The van der Waals surface area contributed by atoms with E-state index in [9.17, 15) is 0 Å². The lowest BCUT2D eigenvalue weighted by Gasteiger charge is -2.27. The number of hydrogen-bond donors (Lipinski definition) is 1. The van der Waals surface area contributed by atoms with E-state index in [-0.39, 0.29) is 6.10 Å². The van der Waals surface area contributed by atoms with Crippen LogP contribution in [-0.2, 0) is 4.74 Å². The highest BCUT2D eigenvalue weighted by Gasteiger charge is 2.21. The first-order valence-corrected chi connectivity index (χ1v) is 5.09. The van der Waals surface area contributed by atoms with Gasteiger partial charge < -0.3 is 10.1 Å². The fourth-order valence-corrected chi connectivity index (χ4v) is 1.52. The monoisotopic (exact) mass is 185 g/mol. The van der Waals surface area contributed by atoms with Crippen LogP contribution in [0.4, 0.5) is 0 Å². The van der Waals surface area contributed by atoms with Crippen LogP contribution in [0, 0.1) is 17.2 Å². The van der Waals surface area contributed by atoms with E-state index in [1.165, 1.54) is 6.42 Å². The van der Waals surface area contributed by atoms with Crippen molar-refractivity contribution in [2.75, 3.05) is 7.11 Å². The summed E-state index contributed by atoms with van der Waals surface area (Å²) in [6.45, 7) is 8.50. The Morgan fingerprint density at radius 1 is 1.38 bits per heavy atom. The Kier molecular flexibility index (Phi) is 5.97. The van der Waals surface area contributed by atoms with Crippen molar-refractivity contribution < 1.29 is 4.74 Å². The van der Waals surface area contributed by atoms with Crippen LogP contribution in [0.2, 0.25) is 0 Å². The molecule has 0 aromatic heterocycles. The molecule has 0 aliphatic heterocycles. The first kappa shape index (κ1) is 12.6. The van der Waals surface area contributed by atoms with Gasteiger partial charge in [-0.2, -0.15) is 0 Å². The Bertz CT molecular complexity index is 156. The molecule has 0 rings (SSSR count). The molecule has 78 valence electrons. The van der Waals surface area contributed by atoms with E-state index in [1.54, 1.807) is 7.11 Å². The molecule has 0 fully saturated rings. The Morgan fingerprint density at radius 3 is 2.23 bits per heavy atom. The topological polar surface area (TPSA) is 33.1 Å². The predicted octanol–water partition coefficient (Wildman–Crippen LogP) is 3.11. The van der Waals surface area contributed by atoms with Crippen LogP contribution in [0.25, 0.3) is 0 Å². The lowest BCUT2D eigenvalue weighted by atomic mass is 9.86. The predicted molar refractivity (Wildman–Crippen MR) is 57.4 cm³/mol. The molecule has 3 atom stereocenters. The van der Waals surface area contributed by atoms with Crippen molar-refractivity contribution in [1.29, 1.82) is 5.41 Å². The van der Waals surface area contributed by atoms with Crippen molar-refractivity contribution >= 4 is 5.71 Å². The van der Waals surface area contributed by atoms with Crippen LogP contribution in [0.1, 0.15) is 40.5 Å². The lowest BCUT2D eigenvalue weighted by molar-refractivity contribution is 0.0424. The maximum absolute atomic E-state index is 7.44. The molecule has 0 aliphatic carbocycles. The fourth-order valence-electron chi connectivity index (χ4n) is 1.52. The highest BCUT2D eigenvalue weighted by Crippen LogP contribution is 2.22. The Labute approximate surface area is 82.2 Å². The largest absolute Gasteiger partial charge is 0.381 e. The molecule has 0 saturated heterocycles. The van der Waals surface area contributed by atoms with Gasteiger partial charge in [0.2, 0.25) is 0 Å². The van der Waals surface area contributed by atoms with Gasteiger partial charge in [-0.15, -0.1) is 0 Å². The normalized spacial score (nSPS) is 17.9. The van der Waals surface area contributed by atoms with Crippen LogP contribution in [-0.4, -0.2) is 18.9 Å². The molecule has 0 spiro atoms. The number of rotatable bonds is 6. The van der Waals surface area contributed by atoms with E-state index in [2.05, 4.69) is 20.8 Å². The van der Waals surface area contributed by atoms with Crippen molar-refractivity contribution in [3.05, 3.63) is 0 Å². The van der Waals surface area contributed by atoms with Gasteiger partial charge in [0, 0.05) is 19.2 Å². The molecular weight excluding hydrogens is 162 g/mol. The van der Waals surface area contributed by atoms with Gasteiger partial charge in [-0.05, 0) is 18.8 Å². The lowest BCUT2D eigenvalue weighted by Crippen LogP contribution is -2.27. The van der Waals surface area contributed by atoms with Gasteiger partial charge in [0.1, 0.15) is 0 Å². The third-order valence-electron chi connectivity index (χ3n) is 2.94. The van der Waals surface area contributed by atoms with Crippen molar-refractivity contribution in [2.45, 2.75) is 46.6 Å². The second-order valence-corrected chi connectivity index (χ2v) is 4.00. The molecular formula is C11H23NO. The molecule has 1 N–H and O–H groups in total. The van der Waals surface area contributed by atoms with E-state index in [0.717, 1.165) is 6.42 Å². The van der Waals surface area contributed by atoms with Crippen molar-refractivity contribution in [3.63, 3.8) is 0 Å². The zero-order valence-electron chi connectivity index (χ0n) is 9.55. The second-order valence-electron chi connectivity index (χ2n) is 4.00. The van der Waals surface area contributed by atoms with Crippen molar-refractivity contribution in [2.24, 2.45) is 11.8 Å². The summed E-state index contributed by atoms with van der Waals surface area (Å²) in [5.41, 5.74) is 0.710. The van der Waals surface area contributed by atoms with Gasteiger partial charge in [0.25, 0.3) is 0 Å². The molecule has 0 aromatic rings. The summed E-state index contributed by atoms with van der Waals surface area (Å²) < 4.78 is 5.41. The number of ether oxygens (including phenoxy) is 1. The summed E-state index contributed by atoms with van der Waals surface area (Å²) in [5, 5.41) is 7.44. The molecule has 2 nitrogen and oxygen atoms in total. The van der Waals surface area contributed by atoms with Gasteiger partial charge in [0.05, 0.1) is 6.10 Å². The number of hydrogen-bond acceptors (Lipinski definition) is 2. The zero-order chi connectivity index (χ0) is 10.4. The van der Waals surface area contributed by atoms with E-state index < -0.39 is 0 Å². The third kappa shape index (κ3) is 4.41. The molecule has 0 aliphatic rings. The number of nitrogens with one attached hydrogen (secondary N) is 1. The standard InChI is InChI=1S/C11H23NO/c1-6-8(2)10(4)11(13-5)7-9(3)12/h8,10-12H,6-7H2,1-5H3/t8-,10-,11+/m0/s1. The quantitative estimate of drug-likeness (QED) is 0.634. The summed E-state index contributed by atoms with van der Waals surface area (Å²) in [5.74, 6) is 1.21. The highest BCUT2D eigenvalue weighted by atomic mass is 16.5. The van der Waals surface area contributed by atoms with Gasteiger partial charge in [0.15, 0.2) is 0 Å². The Balaban J connectivity index is 4.13. The Hall–Kier alpha value is -0.370. The average molecular weight is 185 g/mol. The molecule has 0 amide bonds. The minimum atomic E-state index is 0.215. The maximum Gasteiger partial charge on any atom is 0.0651 e. The van der Waals surface area contributed by atoms with Gasteiger partial charge in [-0.3, -0.25) is 0 Å². The summed E-state index contributed by atoms with van der Waals surface area (Å²) >= 11 is 0. The third-order valence-corrected chi connectivity index (χ3v) is 2.94. The van der Waals surface area contributed by atoms with Crippen LogP contribution in [0.5, 0.6) is 0 Å². The van der Waals surface area contributed by atoms with Crippen LogP contribution < -0.4 is 0 Å². The minimum absolute atomic E-state index is 0.215. The molecule has 0 unspecified atom stereocenters. The highest BCUT2D eigenvalue weighted by molar-refractivity contribution is 5.79. The first-order valence-electron chi connectivity index (χ1n) is 5.09. The summed E-state index contributed by atoms with van der Waals surface area (Å²) in [4.78, 5) is 0. The average Bonchev–Trinajstić information content (AvgIpc) is 2.11. The molecule has 0 aromatic carbocycles. The smallest absolute Gasteiger partial charge is 0.0651 e. The van der Waals surface area contributed by atoms with Gasteiger partial charge >= 0.3 is 0 Å². The number of methoxy groups -OCH3 is 1. The molecule has 0 bridgehead atoms. The summed E-state index contributed by atoms with van der Waals surface area (Å²) in [7, 11) is 1.74. The van der Waals surface area contributed by atoms with Crippen LogP contribution in [0.3, 0.4) is 0 Å². The van der Waals surface area contributed by atoms with Crippen LogP contribution >= 0.6 is 0 Å². The molecule has 2 heteroatoms.